The molecule has 0 aliphatic carbocycles. The molecule has 0 heterocycles. The number of hydrogen-bond donors (Lipinski definition) is 2. The quantitative estimate of drug-likeness (QED) is 0.619. The van der Waals surface area contributed by atoms with Crippen molar-refractivity contribution in [2.75, 3.05) is 17.7 Å². The summed E-state index contributed by atoms with van der Waals surface area (Å²) in [5, 5.41) is 8.63. The van der Waals surface area contributed by atoms with E-state index in [1.54, 1.807) is 24.3 Å². The first-order valence-electron chi connectivity index (χ1n) is 3.44. The second kappa shape index (κ2) is 3.13. The minimum atomic E-state index is -1.02. The van der Waals surface area contributed by atoms with Crippen molar-refractivity contribution in [3.8, 4) is 0 Å². The number of carbonyl (C=O) groups is 1. The molecule has 12 heavy (non-hydrogen) atoms. The molecule has 0 aliphatic heterocycles. The maximum absolute atomic E-state index is 10.5. The summed E-state index contributed by atoms with van der Waals surface area (Å²) < 4.78 is 0. The number of nitrogens with two attached hydrogens (primary N) is 1. The van der Waals surface area contributed by atoms with E-state index in [1.165, 1.54) is 7.05 Å². The van der Waals surface area contributed by atoms with Crippen LogP contribution in [0.3, 0.4) is 0 Å². The van der Waals surface area contributed by atoms with E-state index in [9.17, 15) is 4.79 Å². The Balaban J connectivity index is 3.02. The van der Waals surface area contributed by atoms with Crippen LogP contribution in [0.15, 0.2) is 24.3 Å². The van der Waals surface area contributed by atoms with Crippen molar-refractivity contribution in [1.82, 2.24) is 0 Å². The molecule has 0 spiro atoms. The van der Waals surface area contributed by atoms with Gasteiger partial charge in [0.25, 0.3) is 0 Å². The van der Waals surface area contributed by atoms with Gasteiger partial charge in [0.15, 0.2) is 0 Å². The van der Waals surface area contributed by atoms with Crippen LogP contribution >= 0.6 is 0 Å². The van der Waals surface area contributed by atoms with E-state index >= 15 is 0 Å². The fraction of sp³-hybridized carbons (Fsp3) is 0.125. The van der Waals surface area contributed by atoms with Crippen LogP contribution in [-0.4, -0.2) is 18.2 Å². The minimum absolute atomic E-state index is 0.461. The largest absolute Gasteiger partial charge is 0.465 e. The predicted octanol–water partition coefficient (Wildman–Crippen LogP) is 1.38. The first-order chi connectivity index (χ1) is 5.63. The molecule has 0 saturated carbocycles. The van der Waals surface area contributed by atoms with E-state index in [4.69, 9.17) is 10.8 Å². The summed E-state index contributed by atoms with van der Waals surface area (Å²) in [7, 11) is 1.45. The monoisotopic (exact) mass is 166 g/mol. The van der Waals surface area contributed by atoms with Crippen LogP contribution in [0, 0.1) is 0 Å². The second-order valence-electron chi connectivity index (χ2n) is 2.40. The minimum Gasteiger partial charge on any atom is -0.465 e. The van der Waals surface area contributed by atoms with E-state index in [1.807, 2.05) is 0 Å². The van der Waals surface area contributed by atoms with Gasteiger partial charge in [-0.3, -0.25) is 4.90 Å². The molecule has 1 aromatic carbocycles. The van der Waals surface area contributed by atoms with Crippen molar-refractivity contribution < 1.29 is 9.90 Å². The summed E-state index contributed by atoms with van der Waals surface area (Å²) in [6.07, 6.45) is -1.02. The topological polar surface area (TPSA) is 66.6 Å². The number of hydrogen-bond acceptors (Lipinski definition) is 2. The summed E-state index contributed by atoms with van der Waals surface area (Å²) in [5.74, 6) is 0. The molecule has 64 valence electrons. The first-order valence-corrected chi connectivity index (χ1v) is 3.44. The van der Waals surface area contributed by atoms with Crippen molar-refractivity contribution >= 4 is 17.5 Å². The zero-order chi connectivity index (χ0) is 9.14. The molecule has 0 aromatic heterocycles. The smallest absolute Gasteiger partial charge is 0.411 e. The predicted molar refractivity (Wildman–Crippen MR) is 47.3 cm³/mol. The van der Waals surface area contributed by atoms with Crippen molar-refractivity contribution in [3.05, 3.63) is 24.3 Å². The molecule has 0 unspecified atom stereocenters. The average Bonchev–Trinajstić information content (AvgIpc) is 2.04. The normalized spacial score (nSPS) is 9.42. The van der Waals surface area contributed by atoms with Gasteiger partial charge in [-0.15, -0.1) is 0 Å². The molecule has 1 aromatic rings. The van der Waals surface area contributed by atoms with E-state index in [2.05, 4.69) is 0 Å². The van der Waals surface area contributed by atoms with Crippen LogP contribution in [0.4, 0.5) is 16.2 Å². The molecule has 4 heteroatoms. The Bertz CT molecular complexity index is 299. The van der Waals surface area contributed by atoms with Crippen molar-refractivity contribution in [1.29, 1.82) is 0 Å². The lowest BCUT2D eigenvalue weighted by Crippen LogP contribution is -2.24. The Labute approximate surface area is 70.2 Å². The highest BCUT2D eigenvalue weighted by Crippen LogP contribution is 2.20. The summed E-state index contributed by atoms with van der Waals surface area (Å²) >= 11 is 0. The van der Waals surface area contributed by atoms with Crippen molar-refractivity contribution in [2.45, 2.75) is 0 Å². The second-order valence-corrected chi connectivity index (χ2v) is 2.40. The molecule has 1 rings (SSSR count). The van der Waals surface area contributed by atoms with Crippen molar-refractivity contribution in [2.24, 2.45) is 0 Å². The number of rotatable bonds is 1. The number of nitrogens with zero attached hydrogens (tertiary/aromatic N) is 1. The summed E-state index contributed by atoms with van der Waals surface area (Å²) in [6.45, 7) is 0. The first kappa shape index (κ1) is 8.39. The lowest BCUT2D eigenvalue weighted by atomic mass is 10.2. The number of anilines is 2. The number of carboxylic acid groups (broad SMARTS) is 1. The fourth-order valence-corrected chi connectivity index (χ4v) is 0.896. The highest BCUT2D eigenvalue weighted by atomic mass is 16.4. The van der Waals surface area contributed by atoms with E-state index in [-0.39, 0.29) is 0 Å². The molecular formula is C8H10N2O2. The summed E-state index contributed by atoms with van der Waals surface area (Å²) in [5.41, 5.74) is 6.52. The van der Waals surface area contributed by atoms with Gasteiger partial charge in [0.1, 0.15) is 0 Å². The third-order valence-electron chi connectivity index (χ3n) is 1.59. The van der Waals surface area contributed by atoms with Crippen molar-refractivity contribution in [3.63, 3.8) is 0 Å². The average molecular weight is 166 g/mol. The Morgan fingerprint density at radius 2 is 2.08 bits per heavy atom. The van der Waals surface area contributed by atoms with Gasteiger partial charge in [-0.05, 0) is 12.1 Å². The van der Waals surface area contributed by atoms with E-state index in [0.717, 1.165) is 4.90 Å². The maximum atomic E-state index is 10.5. The van der Waals surface area contributed by atoms with Gasteiger partial charge in [0, 0.05) is 7.05 Å². The highest BCUT2D eigenvalue weighted by molar-refractivity contribution is 5.89. The van der Waals surface area contributed by atoms with Gasteiger partial charge in [-0.1, -0.05) is 12.1 Å². The maximum Gasteiger partial charge on any atom is 0.411 e. The molecule has 0 saturated heterocycles. The van der Waals surface area contributed by atoms with E-state index < -0.39 is 6.09 Å². The SMILES string of the molecule is CN(C(=O)O)c1ccccc1N. The zero-order valence-electron chi connectivity index (χ0n) is 6.69. The van der Waals surface area contributed by atoms with Crippen LogP contribution in [0.2, 0.25) is 0 Å². The lowest BCUT2D eigenvalue weighted by molar-refractivity contribution is 0.203. The van der Waals surface area contributed by atoms with Gasteiger partial charge in [0.2, 0.25) is 0 Å². The molecule has 4 nitrogen and oxygen atoms in total. The standard InChI is InChI=1S/C8H10N2O2/c1-10(8(11)12)7-5-3-2-4-6(7)9/h2-5H,9H2,1H3,(H,11,12). The molecule has 0 fully saturated rings. The molecular weight excluding hydrogens is 156 g/mol. The van der Waals surface area contributed by atoms with Gasteiger partial charge in [-0.2, -0.15) is 0 Å². The highest BCUT2D eigenvalue weighted by Gasteiger charge is 2.09. The Morgan fingerprint density at radius 1 is 1.50 bits per heavy atom. The third-order valence-corrected chi connectivity index (χ3v) is 1.59. The van der Waals surface area contributed by atoms with Crippen LogP contribution in [0.1, 0.15) is 0 Å². The van der Waals surface area contributed by atoms with Crippen LogP contribution in [0.25, 0.3) is 0 Å². The van der Waals surface area contributed by atoms with E-state index in [0.29, 0.717) is 11.4 Å². The Hall–Kier alpha value is -1.71. The Kier molecular flexibility index (Phi) is 2.19. The van der Waals surface area contributed by atoms with Crippen LogP contribution < -0.4 is 10.6 Å². The van der Waals surface area contributed by atoms with Gasteiger partial charge in [-0.25, -0.2) is 4.79 Å². The third kappa shape index (κ3) is 1.47. The van der Waals surface area contributed by atoms with Crippen LogP contribution in [0.5, 0.6) is 0 Å². The summed E-state index contributed by atoms with van der Waals surface area (Å²) in [4.78, 5) is 11.6. The summed E-state index contributed by atoms with van der Waals surface area (Å²) in [6, 6.07) is 6.82. The zero-order valence-corrected chi connectivity index (χ0v) is 6.69. The molecule has 1 amide bonds. The number of benzene rings is 1. The molecule has 0 atom stereocenters. The fourth-order valence-electron chi connectivity index (χ4n) is 0.896. The number of amides is 1. The Morgan fingerprint density at radius 3 is 2.58 bits per heavy atom. The molecule has 0 aliphatic rings. The molecule has 3 N–H and O–H groups in total. The number of nitrogen functional groups attached to an aromatic ring is 1. The number of para-hydroxylation sites is 2. The van der Waals surface area contributed by atoms with Gasteiger partial charge >= 0.3 is 6.09 Å². The van der Waals surface area contributed by atoms with Crippen LogP contribution in [-0.2, 0) is 0 Å². The molecule has 0 radical (unpaired) electrons. The van der Waals surface area contributed by atoms with Gasteiger partial charge in [0.05, 0.1) is 11.4 Å². The lowest BCUT2D eigenvalue weighted by Gasteiger charge is -2.14. The molecule has 0 bridgehead atoms. The van der Waals surface area contributed by atoms with Gasteiger partial charge < -0.3 is 10.8 Å².